The lowest BCUT2D eigenvalue weighted by Gasteiger charge is -2.23. The summed E-state index contributed by atoms with van der Waals surface area (Å²) in [5, 5.41) is 10.3. The Morgan fingerprint density at radius 3 is 2.71 bits per heavy atom. The number of hydrogen-bond donors (Lipinski definition) is 1. The molecule has 0 saturated carbocycles. The number of amides is 1. The summed E-state index contributed by atoms with van der Waals surface area (Å²) in [4.78, 5) is 18.4. The summed E-state index contributed by atoms with van der Waals surface area (Å²) in [5.41, 5.74) is 0.107. The van der Waals surface area contributed by atoms with Crippen molar-refractivity contribution in [2.75, 3.05) is 26.4 Å². The molecule has 1 amide bonds. The van der Waals surface area contributed by atoms with E-state index in [0.717, 1.165) is 16.0 Å². The number of aryl methyl sites for hydroxylation is 1. The third kappa shape index (κ3) is 6.53. The molecule has 0 aliphatic carbocycles. The lowest BCUT2D eigenvalue weighted by Crippen LogP contribution is -2.33. The van der Waals surface area contributed by atoms with Crippen LogP contribution in [0.4, 0.5) is 13.2 Å². The molecule has 2 aromatic heterocycles. The molecule has 1 saturated heterocycles. The van der Waals surface area contributed by atoms with Gasteiger partial charge < -0.3 is 19.5 Å². The number of hydrogen-bond acceptors (Lipinski definition) is 8. The van der Waals surface area contributed by atoms with Gasteiger partial charge in [0, 0.05) is 22.2 Å². The molecular weight excluding hydrogens is 485 g/mol. The van der Waals surface area contributed by atoms with E-state index in [4.69, 9.17) is 14.2 Å². The minimum Gasteiger partial charge on any atom is -0.491 e. The van der Waals surface area contributed by atoms with Crippen LogP contribution >= 0.6 is 11.3 Å². The van der Waals surface area contributed by atoms with Crippen LogP contribution in [-0.2, 0) is 15.7 Å². The summed E-state index contributed by atoms with van der Waals surface area (Å²) in [6.45, 7) is 5.25. The second kappa shape index (κ2) is 10.7. The zero-order valence-electron chi connectivity index (χ0n) is 19.0. The van der Waals surface area contributed by atoms with Gasteiger partial charge in [0.1, 0.15) is 23.5 Å². The number of thiazole rings is 1. The third-order valence-electron chi connectivity index (χ3n) is 5.12. The van der Waals surface area contributed by atoms with Crippen molar-refractivity contribution in [3.05, 3.63) is 58.4 Å². The summed E-state index contributed by atoms with van der Waals surface area (Å²) in [5.74, 6) is 0.00748. The number of carbonyl (C=O) groups excluding carboxylic acids is 1. The fourth-order valence-corrected chi connectivity index (χ4v) is 4.08. The Balaban J connectivity index is 1.52. The predicted octanol–water partition coefficient (Wildman–Crippen LogP) is 4.21. The molecule has 1 aromatic carbocycles. The summed E-state index contributed by atoms with van der Waals surface area (Å²) in [6.07, 6.45) is -3.06. The van der Waals surface area contributed by atoms with Crippen LogP contribution in [0.25, 0.3) is 10.6 Å². The number of halogens is 3. The number of ether oxygens (including phenoxy) is 3. The van der Waals surface area contributed by atoms with Gasteiger partial charge >= 0.3 is 6.18 Å². The van der Waals surface area contributed by atoms with E-state index in [9.17, 15) is 18.0 Å². The molecule has 1 aliphatic heterocycles. The topological polar surface area (TPSA) is 95.5 Å². The molecule has 0 unspecified atom stereocenters. The Morgan fingerprint density at radius 2 is 2.09 bits per heavy atom. The van der Waals surface area contributed by atoms with Crippen molar-refractivity contribution in [2.24, 2.45) is 0 Å². The van der Waals surface area contributed by atoms with E-state index in [1.807, 2.05) is 6.92 Å². The number of benzene rings is 1. The molecular formula is C23H23F3N4O4S. The van der Waals surface area contributed by atoms with E-state index in [1.54, 1.807) is 31.3 Å². The lowest BCUT2D eigenvalue weighted by molar-refractivity contribution is -0.141. The van der Waals surface area contributed by atoms with Crippen LogP contribution in [0.3, 0.4) is 0 Å². The standard InChI is InChI=1S/C23H23F3N4O4S/c1-13-10-27-22(35-13)16-7-15(8-17(9-16)34-12-18-11-32-5-6-33-18)21(31)28-14(2)19-3-4-20(30-29-19)23(24,25)26/h3-4,7-10,14,18H,5-6,11-12H2,1-2H3,(H,28,31)/t14-,18+/m1/s1. The number of alkyl halides is 3. The van der Waals surface area contributed by atoms with Crippen LogP contribution in [0.5, 0.6) is 5.75 Å². The summed E-state index contributed by atoms with van der Waals surface area (Å²) >= 11 is 1.48. The molecule has 12 heteroatoms. The highest BCUT2D eigenvalue weighted by Gasteiger charge is 2.33. The summed E-state index contributed by atoms with van der Waals surface area (Å²) in [6, 6.07) is 6.42. The van der Waals surface area contributed by atoms with E-state index in [2.05, 4.69) is 20.5 Å². The zero-order valence-corrected chi connectivity index (χ0v) is 19.8. The SMILES string of the molecule is Cc1cnc(-c2cc(OC[C@@H]3COCCO3)cc(C(=O)N[C@H](C)c3ccc(C(F)(F)F)nn3)c2)s1. The molecule has 2 atom stereocenters. The van der Waals surface area contributed by atoms with Crippen LogP contribution in [0.15, 0.2) is 36.5 Å². The Kier molecular flexibility index (Phi) is 7.63. The van der Waals surface area contributed by atoms with Gasteiger partial charge in [0.25, 0.3) is 5.91 Å². The number of rotatable bonds is 7. The lowest BCUT2D eigenvalue weighted by atomic mass is 10.1. The van der Waals surface area contributed by atoms with Gasteiger partial charge in [0.05, 0.1) is 31.6 Å². The number of carbonyl (C=O) groups is 1. The number of nitrogens with zero attached hydrogens (tertiary/aromatic N) is 3. The third-order valence-corrected chi connectivity index (χ3v) is 6.09. The minimum absolute atomic E-state index is 0.198. The second-order valence-electron chi connectivity index (χ2n) is 7.94. The quantitative estimate of drug-likeness (QED) is 0.511. The van der Waals surface area contributed by atoms with E-state index < -0.39 is 23.8 Å². The highest BCUT2D eigenvalue weighted by molar-refractivity contribution is 7.14. The maximum atomic E-state index is 13.0. The molecule has 0 radical (unpaired) electrons. The fraction of sp³-hybridized carbons (Fsp3) is 0.391. The smallest absolute Gasteiger partial charge is 0.435 e. The zero-order chi connectivity index (χ0) is 25.0. The van der Waals surface area contributed by atoms with Gasteiger partial charge in [-0.2, -0.15) is 18.3 Å². The fourth-order valence-electron chi connectivity index (χ4n) is 3.33. The number of aromatic nitrogens is 3. The first-order valence-corrected chi connectivity index (χ1v) is 11.6. The number of nitrogens with one attached hydrogen (secondary N) is 1. The first-order chi connectivity index (χ1) is 16.7. The first-order valence-electron chi connectivity index (χ1n) is 10.8. The molecule has 186 valence electrons. The van der Waals surface area contributed by atoms with Crippen molar-refractivity contribution in [3.63, 3.8) is 0 Å². The maximum absolute atomic E-state index is 13.0. The predicted molar refractivity (Wildman–Crippen MR) is 121 cm³/mol. The van der Waals surface area contributed by atoms with Gasteiger partial charge in [-0.15, -0.1) is 16.4 Å². The van der Waals surface area contributed by atoms with Crippen LogP contribution in [0.1, 0.15) is 39.6 Å². The van der Waals surface area contributed by atoms with Crippen LogP contribution in [-0.4, -0.2) is 53.6 Å². The Bertz CT molecular complexity index is 1160. The first kappa shape index (κ1) is 25.0. The van der Waals surface area contributed by atoms with Gasteiger partial charge in [0.15, 0.2) is 5.69 Å². The van der Waals surface area contributed by atoms with Gasteiger partial charge in [0.2, 0.25) is 0 Å². The molecule has 1 fully saturated rings. The summed E-state index contributed by atoms with van der Waals surface area (Å²) < 4.78 is 55.1. The normalized spacial score (nSPS) is 17.1. The van der Waals surface area contributed by atoms with Crippen molar-refractivity contribution in [1.82, 2.24) is 20.5 Å². The van der Waals surface area contributed by atoms with E-state index in [-0.39, 0.29) is 18.4 Å². The van der Waals surface area contributed by atoms with Crippen molar-refractivity contribution >= 4 is 17.2 Å². The highest BCUT2D eigenvalue weighted by atomic mass is 32.1. The molecule has 8 nitrogen and oxygen atoms in total. The van der Waals surface area contributed by atoms with E-state index in [1.165, 1.54) is 17.4 Å². The average Bonchev–Trinajstić information content (AvgIpc) is 3.29. The van der Waals surface area contributed by atoms with Gasteiger partial charge in [-0.05, 0) is 44.2 Å². The Hall–Kier alpha value is -3.09. The van der Waals surface area contributed by atoms with E-state index >= 15 is 0 Å². The monoisotopic (exact) mass is 508 g/mol. The average molecular weight is 509 g/mol. The van der Waals surface area contributed by atoms with Gasteiger partial charge in [-0.3, -0.25) is 4.79 Å². The molecule has 1 aliphatic rings. The molecule has 3 heterocycles. The van der Waals surface area contributed by atoms with Gasteiger partial charge in [-0.25, -0.2) is 4.98 Å². The molecule has 1 N–H and O–H groups in total. The van der Waals surface area contributed by atoms with Crippen LogP contribution in [0, 0.1) is 6.92 Å². The van der Waals surface area contributed by atoms with Crippen LogP contribution in [0.2, 0.25) is 0 Å². The highest BCUT2D eigenvalue weighted by Crippen LogP contribution is 2.30. The van der Waals surface area contributed by atoms with Crippen molar-refractivity contribution in [3.8, 4) is 16.3 Å². The largest absolute Gasteiger partial charge is 0.491 e. The van der Waals surface area contributed by atoms with Gasteiger partial charge in [-0.1, -0.05) is 0 Å². The Morgan fingerprint density at radius 1 is 1.26 bits per heavy atom. The molecule has 4 rings (SSSR count). The van der Waals surface area contributed by atoms with Crippen molar-refractivity contribution in [1.29, 1.82) is 0 Å². The minimum atomic E-state index is -4.59. The van der Waals surface area contributed by atoms with Crippen molar-refractivity contribution in [2.45, 2.75) is 32.2 Å². The summed E-state index contributed by atoms with van der Waals surface area (Å²) in [7, 11) is 0. The molecule has 35 heavy (non-hydrogen) atoms. The second-order valence-corrected chi connectivity index (χ2v) is 9.17. The van der Waals surface area contributed by atoms with E-state index in [0.29, 0.717) is 36.7 Å². The molecule has 0 bridgehead atoms. The maximum Gasteiger partial charge on any atom is 0.435 e. The van der Waals surface area contributed by atoms with Crippen molar-refractivity contribution < 1.29 is 32.2 Å². The molecule has 3 aromatic rings. The molecule has 0 spiro atoms. The van der Waals surface area contributed by atoms with Crippen LogP contribution < -0.4 is 10.1 Å². The Labute approximate surface area is 203 Å².